The number of carbonyl (C=O) groups is 2. The molecule has 1 aliphatic carbocycles. The fraction of sp³-hybridized carbons (Fsp3) is 0.556. The van der Waals surface area contributed by atoms with E-state index in [0.29, 0.717) is 0 Å². The van der Waals surface area contributed by atoms with Crippen molar-refractivity contribution in [2.45, 2.75) is 56.6 Å². The van der Waals surface area contributed by atoms with E-state index in [1.165, 1.54) is 30.6 Å². The molecule has 1 aromatic rings. The molecule has 0 spiro atoms. The van der Waals surface area contributed by atoms with E-state index in [1.807, 2.05) is 56.8 Å². The molecule has 0 unspecified atom stereocenters. The van der Waals surface area contributed by atoms with Crippen LogP contribution in [0.2, 0.25) is 0 Å². The minimum atomic E-state index is -0.487. The first kappa shape index (κ1) is 17.9. The lowest BCUT2D eigenvalue weighted by atomic mass is 9.96. The van der Waals surface area contributed by atoms with Gasteiger partial charge in [0.1, 0.15) is 0 Å². The van der Waals surface area contributed by atoms with Crippen molar-refractivity contribution < 1.29 is 9.59 Å². The van der Waals surface area contributed by atoms with Gasteiger partial charge in [0.05, 0.1) is 6.54 Å². The van der Waals surface area contributed by atoms with Crippen molar-refractivity contribution in [1.82, 2.24) is 5.32 Å². The van der Waals surface area contributed by atoms with E-state index in [-0.39, 0.29) is 18.4 Å². The molecule has 0 atom stereocenters. The van der Waals surface area contributed by atoms with E-state index in [4.69, 9.17) is 0 Å². The molecule has 126 valence electrons. The van der Waals surface area contributed by atoms with Crippen LogP contribution in [0.3, 0.4) is 0 Å². The summed E-state index contributed by atoms with van der Waals surface area (Å²) in [4.78, 5) is 24.9. The molecule has 1 fully saturated rings. The highest BCUT2D eigenvalue weighted by atomic mass is 32.2. The Bertz CT molecular complexity index is 543. The molecule has 23 heavy (non-hydrogen) atoms. The maximum atomic E-state index is 11.9. The van der Waals surface area contributed by atoms with Gasteiger partial charge in [-0.05, 0) is 37.1 Å². The Kier molecular flexibility index (Phi) is 6.10. The van der Waals surface area contributed by atoms with E-state index in [0.717, 1.165) is 10.9 Å². The summed E-state index contributed by atoms with van der Waals surface area (Å²) in [5.74, 6) is -0.338. The molecular weight excluding hydrogens is 308 g/mol. The first-order valence-corrected chi connectivity index (χ1v) is 9.07. The van der Waals surface area contributed by atoms with Gasteiger partial charge in [0, 0.05) is 21.2 Å². The first-order valence-electron chi connectivity index (χ1n) is 8.19. The summed E-state index contributed by atoms with van der Waals surface area (Å²) in [7, 11) is 0. The van der Waals surface area contributed by atoms with Crippen LogP contribution in [0.1, 0.15) is 46.5 Å². The smallest absolute Gasteiger partial charge is 0.243 e. The number of carbonyl (C=O) groups excluding carboxylic acids is 2. The summed E-state index contributed by atoms with van der Waals surface area (Å²) in [6.45, 7) is 5.46. The Morgan fingerprint density at radius 2 is 1.74 bits per heavy atom. The lowest BCUT2D eigenvalue weighted by Gasteiger charge is -2.17. The zero-order valence-corrected chi connectivity index (χ0v) is 15.0. The minimum Gasteiger partial charge on any atom is -0.347 e. The van der Waals surface area contributed by atoms with Crippen molar-refractivity contribution in [3.05, 3.63) is 24.3 Å². The number of anilines is 1. The van der Waals surface area contributed by atoms with Crippen LogP contribution in [0.5, 0.6) is 0 Å². The van der Waals surface area contributed by atoms with Crippen LogP contribution < -0.4 is 10.6 Å². The number of rotatable bonds is 5. The average molecular weight is 334 g/mol. The fourth-order valence-electron chi connectivity index (χ4n) is 2.45. The van der Waals surface area contributed by atoms with Gasteiger partial charge in [0.2, 0.25) is 11.8 Å². The van der Waals surface area contributed by atoms with E-state index in [9.17, 15) is 9.59 Å². The summed E-state index contributed by atoms with van der Waals surface area (Å²) in [5.41, 5.74) is 0.273. The van der Waals surface area contributed by atoms with Crippen molar-refractivity contribution >= 4 is 29.3 Å². The SMILES string of the molecule is CC(C)(C)C(=O)NCC(=O)Nc1ccc(SC2CCCC2)cc1. The van der Waals surface area contributed by atoms with Crippen LogP contribution in [0.25, 0.3) is 0 Å². The average Bonchev–Trinajstić information content (AvgIpc) is 2.99. The van der Waals surface area contributed by atoms with Crippen molar-refractivity contribution in [2.24, 2.45) is 5.41 Å². The lowest BCUT2D eigenvalue weighted by Crippen LogP contribution is -2.39. The lowest BCUT2D eigenvalue weighted by molar-refractivity contribution is -0.130. The van der Waals surface area contributed by atoms with Crippen LogP contribution in [0.15, 0.2) is 29.2 Å². The van der Waals surface area contributed by atoms with Gasteiger partial charge < -0.3 is 10.6 Å². The standard InChI is InChI=1S/C18H26N2O2S/c1-18(2,3)17(22)19-12-16(21)20-13-8-10-15(11-9-13)23-14-6-4-5-7-14/h8-11,14H,4-7,12H2,1-3H3,(H,19,22)(H,20,21). The van der Waals surface area contributed by atoms with Gasteiger partial charge in [-0.2, -0.15) is 0 Å². The van der Waals surface area contributed by atoms with Crippen molar-refractivity contribution in [3.63, 3.8) is 0 Å². The Hall–Kier alpha value is -1.49. The maximum Gasteiger partial charge on any atom is 0.243 e. The summed E-state index contributed by atoms with van der Waals surface area (Å²) in [5, 5.41) is 6.19. The van der Waals surface area contributed by atoms with Crippen LogP contribution in [0, 0.1) is 5.41 Å². The number of benzene rings is 1. The third-order valence-corrected chi connectivity index (χ3v) is 5.18. The van der Waals surface area contributed by atoms with Crippen LogP contribution >= 0.6 is 11.8 Å². The van der Waals surface area contributed by atoms with Gasteiger partial charge >= 0.3 is 0 Å². The van der Waals surface area contributed by atoms with E-state index < -0.39 is 5.41 Å². The maximum absolute atomic E-state index is 11.9. The van der Waals surface area contributed by atoms with Crippen LogP contribution in [0.4, 0.5) is 5.69 Å². The summed E-state index contributed by atoms with van der Waals surface area (Å²) < 4.78 is 0. The topological polar surface area (TPSA) is 58.2 Å². The highest BCUT2D eigenvalue weighted by Gasteiger charge is 2.21. The molecule has 0 aromatic heterocycles. The van der Waals surface area contributed by atoms with Crippen molar-refractivity contribution in [2.75, 3.05) is 11.9 Å². The first-order chi connectivity index (χ1) is 10.8. The molecule has 0 aliphatic heterocycles. The zero-order valence-electron chi connectivity index (χ0n) is 14.1. The third-order valence-electron chi connectivity index (χ3n) is 3.83. The van der Waals surface area contributed by atoms with Gasteiger partial charge in [-0.3, -0.25) is 9.59 Å². The number of hydrogen-bond donors (Lipinski definition) is 2. The molecule has 5 heteroatoms. The molecule has 1 aliphatic rings. The largest absolute Gasteiger partial charge is 0.347 e. The molecule has 2 N–H and O–H groups in total. The normalized spacial score (nSPS) is 15.4. The quantitative estimate of drug-likeness (QED) is 0.860. The predicted molar refractivity (Wildman–Crippen MR) is 95.6 cm³/mol. The zero-order chi connectivity index (χ0) is 16.9. The molecule has 1 aromatic carbocycles. The molecule has 1 saturated carbocycles. The van der Waals surface area contributed by atoms with Gasteiger partial charge in [0.25, 0.3) is 0 Å². The second-order valence-corrected chi connectivity index (χ2v) is 8.40. The van der Waals surface area contributed by atoms with Gasteiger partial charge in [-0.1, -0.05) is 33.6 Å². The molecule has 2 amide bonds. The van der Waals surface area contributed by atoms with Crippen molar-refractivity contribution in [3.8, 4) is 0 Å². The number of amides is 2. The molecule has 4 nitrogen and oxygen atoms in total. The highest BCUT2D eigenvalue weighted by molar-refractivity contribution is 8.00. The second-order valence-electron chi connectivity index (χ2n) is 7.03. The predicted octanol–water partition coefficient (Wildman–Crippen LogP) is 3.82. The van der Waals surface area contributed by atoms with Crippen LogP contribution in [-0.2, 0) is 9.59 Å². The van der Waals surface area contributed by atoms with E-state index in [1.54, 1.807) is 0 Å². The minimum absolute atomic E-state index is 0.00528. The molecular formula is C18H26N2O2S. The second kappa shape index (κ2) is 7.86. The molecule has 2 rings (SSSR count). The molecule has 0 radical (unpaired) electrons. The van der Waals surface area contributed by atoms with Crippen LogP contribution in [-0.4, -0.2) is 23.6 Å². The summed E-state index contributed by atoms with van der Waals surface area (Å²) >= 11 is 1.93. The van der Waals surface area contributed by atoms with Gasteiger partial charge in [0.15, 0.2) is 0 Å². The Balaban J connectivity index is 1.78. The highest BCUT2D eigenvalue weighted by Crippen LogP contribution is 2.34. The monoisotopic (exact) mass is 334 g/mol. The fourth-order valence-corrected chi connectivity index (χ4v) is 3.69. The number of hydrogen-bond acceptors (Lipinski definition) is 3. The van der Waals surface area contributed by atoms with E-state index in [2.05, 4.69) is 10.6 Å². The van der Waals surface area contributed by atoms with Gasteiger partial charge in [-0.25, -0.2) is 0 Å². The third kappa shape index (κ3) is 5.90. The number of nitrogens with one attached hydrogen (secondary N) is 2. The summed E-state index contributed by atoms with van der Waals surface area (Å²) in [6, 6.07) is 7.93. The Morgan fingerprint density at radius 3 is 2.30 bits per heavy atom. The van der Waals surface area contributed by atoms with E-state index >= 15 is 0 Å². The number of thioether (sulfide) groups is 1. The van der Waals surface area contributed by atoms with Crippen molar-refractivity contribution in [1.29, 1.82) is 0 Å². The summed E-state index contributed by atoms with van der Waals surface area (Å²) in [6.07, 6.45) is 5.28. The molecule has 0 heterocycles. The molecule has 0 saturated heterocycles. The Labute approximate surface area is 142 Å². The van der Waals surface area contributed by atoms with Gasteiger partial charge in [-0.15, -0.1) is 11.8 Å². The Morgan fingerprint density at radius 1 is 1.13 bits per heavy atom. The molecule has 0 bridgehead atoms.